The predicted octanol–water partition coefficient (Wildman–Crippen LogP) is 1.77. The van der Waals surface area contributed by atoms with Gasteiger partial charge in [-0.1, -0.05) is 6.08 Å². The molecule has 0 aliphatic carbocycles. The highest BCUT2D eigenvalue weighted by molar-refractivity contribution is 5.76. The number of anilines is 1. The number of carbonyl (C=O) groups excluding carboxylic acids is 1. The quantitative estimate of drug-likeness (QED) is 0.571. The second-order valence-electron chi connectivity index (χ2n) is 7.40. The maximum absolute atomic E-state index is 12.0. The van der Waals surface area contributed by atoms with E-state index in [9.17, 15) is 4.79 Å². The number of nitrogens with zero attached hydrogens (tertiary/aromatic N) is 4. The smallest absolute Gasteiger partial charge is 0.310 e. The normalized spacial score (nSPS) is 16.4. The number of ether oxygens (including phenoxy) is 2. The summed E-state index contributed by atoms with van der Waals surface area (Å²) in [5.41, 5.74) is 8.74. The van der Waals surface area contributed by atoms with Crippen LogP contribution in [0.1, 0.15) is 36.7 Å². The third-order valence-electron chi connectivity index (χ3n) is 5.36. The minimum atomic E-state index is -0.298. The summed E-state index contributed by atoms with van der Waals surface area (Å²) in [6.07, 6.45) is 3.66. The van der Waals surface area contributed by atoms with E-state index in [1.54, 1.807) is 10.6 Å². The summed E-state index contributed by atoms with van der Waals surface area (Å²) in [5.74, 6) is 0.589. The Bertz CT molecular complexity index is 868. The van der Waals surface area contributed by atoms with Crippen molar-refractivity contribution >= 4 is 17.4 Å². The zero-order valence-corrected chi connectivity index (χ0v) is 16.9. The Morgan fingerprint density at radius 2 is 2.14 bits per heavy atom. The van der Waals surface area contributed by atoms with Gasteiger partial charge in [-0.05, 0) is 26.7 Å². The number of hydrogen-bond donors (Lipinski definition) is 1. The third-order valence-corrected chi connectivity index (χ3v) is 5.36. The van der Waals surface area contributed by atoms with Crippen LogP contribution >= 0.6 is 0 Å². The molecule has 0 unspecified atom stereocenters. The molecule has 0 spiro atoms. The molecule has 3 rings (SSSR count). The number of fused-ring (bicyclic) bond motifs is 1. The van der Waals surface area contributed by atoms with Gasteiger partial charge in [-0.25, -0.2) is 4.98 Å². The van der Waals surface area contributed by atoms with Gasteiger partial charge in [0.05, 0.1) is 31.4 Å². The lowest BCUT2D eigenvalue weighted by Gasteiger charge is -2.40. The van der Waals surface area contributed by atoms with E-state index >= 15 is 0 Å². The lowest BCUT2D eigenvalue weighted by Crippen LogP contribution is -2.45. The van der Waals surface area contributed by atoms with Gasteiger partial charge in [0.2, 0.25) is 0 Å². The van der Waals surface area contributed by atoms with Gasteiger partial charge in [-0.15, -0.1) is 6.58 Å². The molecule has 2 aromatic rings. The lowest BCUT2D eigenvalue weighted by atomic mass is 9.93. The monoisotopic (exact) mass is 387 g/mol. The van der Waals surface area contributed by atoms with Crippen molar-refractivity contribution < 1.29 is 14.3 Å². The lowest BCUT2D eigenvalue weighted by molar-refractivity contribution is -0.139. The van der Waals surface area contributed by atoms with Crippen molar-refractivity contribution in [2.45, 2.75) is 45.3 Å². The number of methoxy groups -OCH3 is 1. The van der Waals surface area contributed by atoms with Gasteiger partial charge in [-0.2, -0.15) is 9.61 Å². The molecule has 3 heterocycles. The van der Waals surface area contributed by atoms with E-state index in [0.29, 0.717) is 13.2 Å². The van der Waals surface area contributed by atoms with E-state index in [1.807, 2.05) is 13.0 Å². The summed E-state index contributed by atoms with van der Waals surface area (Å²) in [5, 5.41) is 4.62. The van der Waals surface area contributed by atoms with Crippen molar-refractivity contribution in [2.75, 3.05) is 31.7 Å². The molecule has 0 bridgehead atoms. The van der Waals surface area contributed by atoms with Crippen LogP contribution in [-0.2, 0) is 27.2 Å². The molecule has 1 fully saturated rings. The first-order valence-electron chi connectivity index (χ1n) is 9.55. The first-order valence-corrected chi connectivity index (χ1v) is 9.55. The van der Waals surface area contributed by atoms with Gasteiger partial charge in [0.15, 0.2) is 5.65 Å². The Labute approximate surface area is 165 Å². The van der Waals surface area contributed by atoms with E-state index in [4.69, 9.17) is 15.2 Å². The number of carbonyl (C=O) groups is 1. The highest BCUT2D eigenvalue weighted by Crippen LogP contribution is 2.32. The highest BCUT2D eigenvalue weighted by Gasteiger charge is 2.33. The molecule has 152 valence electrons. The molecule has 2 N–H and O–H groups in total. The molecule has 0 aromatic carbocycles. The van der Waals surface area contributed by atoms with Crippen LogP contribution in [0.4, 0.5) is 5.82 Å². The molecule has 1 saturated heterocycles. The number of esters is 1. The SMILES string of the molecule is C=CCOC1(C)CCN(c2c(CC(=O)OC)c(C)nc3cc(CN)nn23)CC1. The fourth-order valence-corrected chi connectivity index (χ4v) is 3.63. The van der Waals surface area contributed by atoms with Crippen molar-refractivity contribution in [1.82, 2.24) is 14.6 Å². The molecule has 0 atom stereocenters. The van der Waals surface area contributed by atoms with Gasteiger partial charge >= 0.3 is 5.97 Å². The van der Waals surface area contributed by atoms with Gasteiger partial charge in [0.25, 0.3) is 0 Å². The van der Waals surface area contributed by atoms with Crippen LogP contribution in [0.2, 0.25) is 0 Å². The molecular weight excluding hydrogens is 358 g/mol. The number of rotatable bonds is 7. The molecule has 8 heteroatoms. The second kappa shape index (κ2) is 8.28. The van der Waals surface area contributed by atoms with Crippen molar-refractivity contribution in [3.8, 4) is 0 Å². The summed E-state index contributed by atoms with van der Waals surface area (Å²) in [7, 11) is 1.40. The van der Waals surface area contributed by atoms with Crippen molar-refractivity contribution in [1.29, 1.82) is 0 Å². The van der Waals surface area contributed by atoms with Gasteiger partial charge in [0.1, 0.15) is 5.82 Å². The molecule has 0 saturated carbocycles. The van der Waals surface area contributed by atoms with Gasteiger partial charge in [0, 0.05) is 37.0 Å². The number of piperidine rings is 1. The standard InChI is InChI=1S/C20H29N5O3/c1-5-10-28-20(3)6-8-24(9-7-20)19-16(12-18(26)27-4)14(2)22-17-11-15(13-21)23-25(17)19/h5,11H,1,6-10,12-13,21H2,2-4H3. The number of aryl methyl sites for hydroxylation is 1. The average Bonchev–Trinajstić information content (AvgIpc) is 3.10. The van der Waals surface area contributed by atoms with Crippen molar-refractivity contribution in [3.05, 3.63) is 35.7 Å². The Kier molecular flexibility index (Phi) is 6.00. The zero-order valence-electron chi connectivity index (χ0n) is 16.9. The van der Waals surface area contributed by atoms with E-state index in [-0.39, 0.29) is 18.0 Å². The van der Waals surface area contributed by atoms with Crippen molar-refractivity contribution in [2.24, 2.45) is 5.73 Å². The Hall–Kier alpha value is -2.45. The van der Waals surface area contributed by atoms with Crippen LogP contribution in [0.25, 0.3) is 5.65 Å². The van der Waals surface area contributed by atoms with Crippen LogP contribution in [0.3, 0.4) is 0 Å². The Morgan fingerprint density at radius 3 is 2.75 bits per heavy atom. The number of hydrogen-bond acceptors (Lipinski definition) is 7. The molecule has 2 aromatic heterocycles. The van der Waals surface area contributed by atoms with Crippen molar-refractivity contribution in [3.63, 3.8) is 0 Å². The van der Waals surface area contributed by atoms with Crippen LogP contribution in [-0.4, -0.2) is 53.0 Å². The molecule has 0 radical (unpaired) electrons. The van der Waals surface area contributed by atoms with Gasteiger partial charge in [-0.3, -0.25) is 4.79 Å². The summed E-state index contributed by atoms with van der Waals surface area (Å²) < 4.78 is 12.7. The summed E-state index contributed by atoms with van der Waals surface area (Å²) >= 11 is 0. The maximum atomic E-state index is 12.0. The Balaban J connectivity index is 2.00. The molecule has 0 amide bonds. The maximum Gasteiger partial charge on any atom is 0.310 e. The number of nitrogens with two attached hydrogens (primary N) is 1. The molecule has 1 aliphatic heterocycles. The minimum absolute atomic E-state index is 0.152. The van der Waals surface area contributed by atoms with E-state index in [2.05, 4.69) is 28.5 Å². The van der Waals surface area contributed by atoms with Crippen LogP contribution in [0.15, 0.2) is 18.7 Å². The first kappa shape index (κ1) is 20.3. The minimum Gasteiger partial charge on any atom is -0.469 e. The molecular formula is C20H29N5O3. The topological polar surface area (TPSA) is 95.0 Å². The predicted molar refractivity (Wildman–Crippen MR) is 107 cm³/mol. The molecule has 8 nitrogen and oxygen atoms in total. The molecule has 1 aliphatic rings. The second-order valence-corrected chi connectivity index (χ2v) is 7.40. The van der Waals surface area contributed by atoms with E-state index in [1.165, 1.54) is 7.11 Å². The van der Waals surface area contributed by atoms with E-state index in [0.717, 1.165) is 54.3 Å². The van der Waals surface area contributed by atoms with Gasteiger partial charge < -0.3 is 20.1 Å². The summed E-state index contributed by atoms with van der Waals surface area (Å²) in [6, 6.07) is 1.89. The fraction of sp³-hybridized carbons (Fsp3) is 0.550. The van der Waals surface area contributed by atoms with Crippen LogP contribution in [0.5, 0.6) is 0 Å². The van der Waals surface area contributed by atoms with Crippen LogP contribution in [0, 0.1) is 6.92 Å². The third kappa shape index (κ3) is 4.02. The zero-order chi connectivity index (χ0) is 20.3. The first-order chi connectivity index (χ1) is 13.4. The number of aromatic nitrogens is 3. The highest BCUT2D eigenvalue weighted by atomic mass is 16.5. The van der Waals surface area contributed by atoms with Crippen LogP contribution < -0.4 is 10.6 Å². The summed E-state index contributed by atoms with van der Waals surface area (Å²) in [4.78, 5) is 18.9. The Morgan fingerprint density at radius 1 is 1.43 bits per heavy atom. The average molecular weight is 387 g/mol. The van der Waals surface area contributed by atoms with E-state index < -0.39 is 0 Å². The fourth-order valence-electron chi connectivity index (χ4n) is 3.63. The largest absolute Gasteiger partial charge is 0.469 e. The molecule has 28 heavy (non-hydrogen) atoms. The summed E-state index contributed by atoms with van der Waals surface area (Å²) in [6.45, 7) is 10.2.